The Kier molecular flexibility index (Phi) is 4.71. The van der Waals surface area contributed by atoms with E-state index in [9.17, 15) is 8.42 Å². The molecule has 2 aliphatic rings. The minimum atomic E-state index is -3.61. The molecule has 3 N–H and O–H groups in total. The van der Waals surface area contributed by atoms with Gasteiger partial charge in [0.25, 0.3) is 10.2 Å². The second-order valence-corrected chi connectivity index (χ2v) is 6.71. The number of rotatable bonds is 2. The Morgan fingerprint density at radius 3 is 2.75 bits per heavy atom. The molecule has 5 nitrogen and oxygen atoms in total. The van der Waals surface area contributed by atoms with Crippen molar-refractivity contribution < 1.29 is 8.42 Å². The summed E-state index contributed by atoms with van der Waals surface area (Å²) in [4.78, 5) is 2.45. The molecule has 1 fully saturated rings. The van der Waals surface area contributed by atoms with Crippen molar-refractivity contribution >= 4 is 22.6 Å². The average molecular weight is 318 g/mol. The van der Waals surface area contributed by atoms with Gasteiger partial charge in [-0.2, -0.15) is 13.1 Å². The monoisotopic (exact) mass is 317 g/mol. The highest BCUT2D eigenvalue weighted by atomic mass is 35.5. The molecule has 0 bridgehead atoms. The normalized spacial score (nSPS) is 26.2. The summed E-state index contributed by atoms with van der Waals surface area (Å²) in [5.41, 5.74) is 2.73. The highest BCUT2D eigenvalue weighted by molar-refractivity contribution is 7.87. The predicted molar refractivity (Wildman–Crippen MR) is 81.0 cm³/mol. The number of nitrogens with zero attached hydrogens (tertiary/aromatic N) is 1. The maximum atomic E-state index is 11.2. The standard InChI is InChI=1S/C13H19N3O2S.ClH/c14-19(17,18)15-11-6-8-16-7-5-10-3-1-2-4-12(10)13(16)9-11;/h1-4,11,13,15H,5-9H2,(H2,14,17,18);1H/t11-,13+;/m1./s1. The summed E-state index contributed by atoms with van der Waals surface area (Å²) in [6.07, 6.45) is 2.71. The van der Waals surface area contributed by atoms with Crippen LogP contribution in [0.15, 0.2) is 24.3 Å². The molecule has 0 unspecified atom stereocenters. The smallest absolute Gasteiger partial charge is 0.274 e. The Morgan fingerprint density at radius 1 is 1.25 bits per heavy atom. The van der Waals surface area contributed by atoms with Crippen molar-refractivity contribution in [2.45, 2.75) is 31.3 Å². The first kappa shape index (κ1) is 15.7. The molecule has 1 saturated heterocycles. The molecule has 1 aromatic carbocycles. The van der Waals surface area contributed by atoms with Gasteiger partial charge in [-0.3, -0.25) is 4.90 Å². The molecule has 1 aromatic rings. The summed E-state index contributed by atoms with van der Waals surface area (Å²) < 4.78 is 24.9. The molecular weight excluding hydrogens is 298 g/mol. The van der Waals surface area contributed by atoms with E-state index in [0.717, 1.165) is 32.4 Å². The van der Waals surface area contributed by atoms with Gasteiger partial charge in [-0.25, -0.2) is 5.14 Å². The lowest BCUT2D eigenvalue weighted by Crippen LogP contribution is -2.49. The van der Waals surface area contributed by atoms with Gasteiger partial charge in [0.05, 0.1) is 0 Å². The lowest BCUT2D eigenvalue weighted by atomic mass is 9.85. The molecule has 3 rings (SSSR count). The van der Waals surface area contributed by atoms with Crippen LogP contribution < -0.4 is 9.86 Å². The fraction of sp³-hybridized carbons (Fsp3) is 0.538. The van der Waals surface area contributed by atoms with Crippen LogP contribution in [0.2, 0.25) is 0 Å². The average Bonchev–Trinajstić information content (AvgIpc) is 2.37. The molecule has 0 saturated carbocycles. The summed E-state index contributed by atoms with van der Waals surface area (Å²) in [7, 11) is -3.61. The first-order valence-electron chi connectivity index (χ1n) is 6.65. The van der Waals surface area contributed by atoms with E-state index in [1.165, 1.54) is 11.1 Å². The molecule has 20 heavy (non-hydrogen) atoms. The van der Waals surface area contributed by atoms with Gasteiger partial charge in [-0.1, -0.05) is 24.3 Å². The maximum absolute atomic E-state index is 11.2. The van der Waals surface area contributed by atoms with Crippen molar-refractivity contribution in [2.24, 2.45) is 5.14 Å². The third kappa shape index (κ3) is 3.32. The topological polar surface area (TPSA) is 75.4 Å². The first-order valence-corrected chi connectivity index (χ1v) is 8.19. The molecule has 0 amide bonds. The Labute approximate surface area is 126 Å². The molecule has 0 spiro atoms. The highest BCUT2D eigenvalue weighted by Gasteiger charge is 2.34. The van der Waals surface area contributed by atoms with Crippen LogP contribution in [0.3, 0.4) is 0 Å². The largest absolute Gasteiger partial charge is 0.296 e. The third-order valence-electron chi connectivity index (χ3n) is 4.13. The van der Waals surface area contributed by atoms with Crippen LogP contribution in [0, 0.1) is 0 Å². The Bertz CT molecular complexity index is 579. The van der Waals surface area contributed by atoms with Crippen LogP contribution in [-0.2, 0) is 16.6 Å². The molecular formula is C13H20ClN3O2S. The fourth-order valence-electron chi connectivity index (χ4n) is 3.30. The van der Waals surface area contributed by atoms with Crippen LogP contribution in [0.4, 0.5) is 0 Å². The molecule has 0 aromatic heterocycles. The van der Waals surface area contributed by atoms with Crippen LogP contribution in [0.25, 0.3) is 0 Å². The van der Waals surface area contributed by atoms with Crippen LogP contribution >= 0.6 is 12.4 Å². The molecule has 112 valence electrons. The first-order chi connectivity index (χ1) is 9.03. The minimum Gasteiger partial charge on any atom is -0.296 e. The molecule has 0 aliphatic carbocycles. The summed E-state index contributed by atoms with van der Waals surface area (Å²) >= 11 is 0. The quantitative estimate of drug-likeness (QED) is 0.853. The fourth-order valence-corrected chi connectivity index (χ4v) is 3.97. The van der Waals surface area contributed by atoms with Gasteiger partial charge >= 0.3 is 0 Å². The summed E-state index contributed by atoms with van der Waals surface area (Å²) in [5, 5.41) is 5.08. The van der Waals surface area contributed by atoms with E-state index in [2.05, 4.69) is 33.9 Å². The number of hydrogen-bond acceptors (Lipinski definition) is 3. The Balaban J connectivity index is 0.00000147. The van der Waals surface area contributed by atoms with Crippen molar-refractivity contribution in [3.8, 4) is 0 Å². The van der Waals surface area contributed by atoms with E-state index in [1.807, 2.05) is 0 Å². The number of nitrogens with one attached hydrogen (secondary N) is 1. The van der Waals surface area contributed by atoms with Crippen molar-refractivity contribution in [1.29, 1.82) is 0 Å². The summed E-state index contributed by atoms with van der Waals surface area (Å²) in [6, 6.07) is 8.71. The minimum absolute atomic E-state index is 0. The van der Waals surface area contributed by atoms with E-state index in [1.54, 1.807) is 0 Å². The van der Waals surface area contributed by atoms with E-state index in [0.29, 0.717) is 6.04 Å². The number of benzene rings is 1. The number of nitrogens with two attached hydrogens (primary N) is 1. The molecule has 2 aliphatic heterocycles. The van der Waals surface area contributed by atoms with Gasteiger partial charge in [0.1, 0.15) is 0 Å². The maximum Gasteiger partial charge on any atom is 0.274 e. The predicted octanol–water partition coefficient (Wildman–Crippen LogP) is 0.963. The highest BCUT2D eigenvalue weighted by Crippen LogP contribution is 2.36. The lowest BCUT2D eigenvalue weighted by molar-refractivity contribution is 0.122. The zero-order chi connectivity index (χ0) is 13.5. The zero-order valence-electron chi connectivity index (χ0n) is 11.2. The van der Waals surface area contributed by atoms with Crippen LogP contribution in [0.5, 0.6) is 0 Å². The van der Waals surface area contributed by atoms with Gasteiger partial charge in [0.2, 0.25) is 0 Å². The zero-order valence-corrected chi connectivity index (χ0v) is 12.8. The van der Waals surface area contributed by atoms with Gasteiger partial charge in [0, 0.05) is 25.2 Å². The van der Waals surface area contributed by atoms with Gasteiger partial charge in [-0.15, -0.1) is 12.4 Å². The second kappa shape index (κ2) is 5.99. The van der Waals surface area contributed by atoms with Crippen molar-refractivity contribution in [3.63, 3.8) is 0 Å². The summed E-state index contributed by atoms with van der Waals surface area (Å²) in [6.45, 7) is 1.98. The third-order valence-corrected chi connectivity index (χ3v) is 4.79. The van der Waals surface area contributed by atoms with E-state index < -0.39 is 10.2 Å². The second-order valence-electron chi connectivity index (χ2n) is 5.38. The Hall–Kier alpha value is -0.660. The summed E-state index contributed by atoms with van der Waals surface area (Å²) in [5.74, 6) is 0. The molecule has 2 heterocycles. The molecule has 0 radical (unpaired) electrons. The van der Waals surface area contributed by atoms with Crippen molar-refractivity contribution in [3.05, 3.63) is 35.4 Å². The van der Waals surface area contributed by atoms with Gasteiger partial charge in [0.15, 0.2) is 0 Å². The molecule has 2 atom stereocenters. The Morgan fingerprint density at radius 2 is 2.00 bits per heavy atom. The van der Waals surface area contributed by atoms with E-state index in [-0.39, 0.29) is 18.4 Å². The number of piperidine rings is 1. The van der Waals surface area contributed by atoms with E-state index >= 15 is 0 Å². The van der Waals surface area contributed by atoms with Crippen molar-refractivity contribution in [1.82, 2.24) is 9.62 Å². The number of halogens is 1. The van der Waals surface area contributed by atoms with Crippen LogP contribution in [-0.4, -0.2) is 32.4 Å². The van der Waals surface area contributed by atoms with Gasteiger partial charge in [-0.05, 0) is 30.4 Å². The molecule has 7 heteroatoms. The number of hydrogen-bond donors (Lipinski definition) is 2. The van der Waals surface area contributed by atoms with Crippen molar-refractivity contribution in [2.75, 3.05) is 13.1 Å². The number of fused-ring (bicyclic) bond motifs is 3. The van der Waals surface area contributed by atoms with Crippen LogP contribution in [0.1, 0.15) is 30.0 Å². The van der Waals surface area contributed by atoms with E-state index in [4.69, 9.17) is 5.14 Å². The SMILES string of the molecule is Cl.NS(=O)(=O)N[C@@H]1CCN2CCc3ccccc3[C@@H]2C1. The van der Waals surface area contributed by atoms with Gasteiger partial charge < -0.3 is 0 Å². The lowest BCUT2D eigenvalue weighted by Gasteiger charge is -2.43.